The Kier molecular flexibility index (Phi) is 18.1. The molecule has 0 saturated carbocycles. The molecule has 4 atom stereocenters. The zero-order valence-electron chi connectivity index (χ0n) is 38.5. The summed E-state index contributed by atoms with van der Waals surface area (Å²) in [5, 5.41) is 35.3. The van der Waals surface area contributed by atoms with Crippen molar-refractivity contribution in [3.8, 4) is 0 Å². The van der Waals surface area contributed by atoms with Crippen molar-refractivity contribution in [2.24, 2.45) is 43.3 Å². The van der Waals surface area contributed by atoms with E-state index in [-0.39, 0.29) is 65.8 Å². The summed E-state index contributed by atoms with van der Waals surface area (Å²) in [7, 11) is 0. The van der Waals surface area contributed by atoms with Crippen LogP contribution in [0.15, 0.2) is 0 Å². The predicted molar refractivity (Wildman–Crippen MR) is 223 cm³/mol. The maximum absolute atomic E-state index is 14.2. The third-order valence-electron chi connectivity index (χ3n) is 10.7. The summed E-state index contributed by atoms with van der Waals surface area (Å²) in [4.78, 5) is 53.4. The van der Waals surface area contributed by atoms with Gasteiger partial charge in [0.05, 0.1) is 24.3 Å². The van der Waals surface area contributed by atoms with Gasteiger partial charge < -0.3 is 31.5 Å². The molecular formula is C44H86N4O6. The molecule has 0 aliphatic carbocycles. The highest BCUT2D eigenvalue weighted by Gasteiger charge is 2.47. The third-order valence-corrected chi connectivity index (χ3v) is 10.7. The van der Waals surface area contributed by atoms with E-state index in [0.717, 1.165) is 12.8 Å². The number of amides is 4. The lowest BCUT2D eigenvalue weighted by Gasteiger charge is -2.46. The van der Waals surface area contributed by atoms with E-state index in [1.54, 1.807) is 13.8 Å². The van der Waals surface area contributed by atoms with Crippen LogP contribution in [0.2, 0.25) is 0 Å². The van der Waals surface area contributed by atoms with Crippen LogP contribution in [0.1, 0.15) is 177 Å². The van der Waals surface area contributed by atoms with Gasteiger partial charge in [-0.25, -0.2) is 0 Å². The highest BCUT2D eigenvalue weighted by Crippen LogP contribution is 2.48. The van der Waals surface area contributed by atoms with Crippen molar-refractivity contribution < 1.29 is 29.4 Å². The van der Waals surface area contributed by atoms with Crippen molar-refractivity contribution >= 4 is 23.6 Å². The number of aliphatic hydroxyl groups is 2. The normalized spacial score (nSPS) is 16.2. The quantitative estimate of drug-likeness (QED) is 0.0709. The molecule has 0 spiro atoms. The zero-order chi connectivity index (χ0) is 43.1. The highest BCUT2D eigenvalue weighted by molar-refractivity contribution is 5.83. The molecule has 0 fully saturated rings. The molecule has 0 saturated heterocycles. The number of carbonyl (C=O) groups excluding carboxylic acids is 4. The van der Waals surface area contributed by atoms with Crippen molar-refractivity contribution in [2.75, 3.05) is 13.1 Å². The van der Waals surface area contributed by atoms with Crippen LogP contribution in [-0.4, -0.2) is 71.2 Å². The van der Waals surface area contributed by atoms with Crippen molar-refractivity contribution in [3.05, 3.63) is 0 Å². The van der Waals surface area contributed by atoms with E-state index in [0.29, 0.717) is 12.8 Å². The van der Waals surface area contributed by atoms with Crippen LogP contribution in [0.3, 0.4) is 0 Å². The summed E-state index contributed by atoms with van der Waals surface area (Å²) in [6.45, 7) is 40.1. The minimum absolute atomic E-state index is 0.00503. The first-order valence-electron chi connectivity index (χ1n) is 20.4. The molecule has 10 nitrogen and oxygen atoms in total. The van der Waals surface area contributed by atoms with Crippen LogP contribution in [0.5, 0.6) is 0 Å². The van der Waals surface area contributed by atoms with Gasteiger partial charge >= 0.3 is 0 Å². The molecule has 0 aliphatic rings. The fraction of sp³-hybridized carbons (Fsp3) is 0.909. The van der Waals surface area contributed by atoms with E-state index in [1.807, 2.05) is 55.4 Å². The van der Waals surface area contributed by atoms with Crippen molar-refractivity contribution in [3.63, 3.8) is 0 Å². The van der Waals surface area contributed by atoms with E-state index in [9.17, 15) is 29.4 Å². The Morgan fingerprint density at radius 3 is 1.11 bits per heavy atom. The van der Waals surface area contributed by atoms with Crippen LogP contribution in [0, 0.1) is 43.3 Å². The number of nitrogens with one attached hydrogen (secondary N) is 4. The Labute approximate surface area is 331 Å². The third kappa shape index (κ3) is 16.9. The lowest BCUT2D eigenvalue weighted by Crippen LogP contribution is -2.62. The summed E-state index contributed by atoms with van der Waals surface area (Å²) >= 11 is 0. The Balaban J connectivity index is 6.42. The minimum atomic E-state index is -0.937. The zero-order valence-corrected chi connectivity index (χ0v) is 38.5. The molecule has 0 rings (SSSR count). The molecule has 0 aliphatic heterocycles. The molecule has 0 aromatic carbocycles. The molecule has 4 amide bonds. The minimum Gasteiger partial charge on any atom is -0.392 e. The van der Waals surface area contributed by atoms with Crippen LogP contribution >= 0.6 is 0 Å². The van der Waals surface area contributed by atoms with Crippen LogP contribution in [-0.2, 0) is 19.2 Å². The van der Waals surface area contributed by atoms with Crippen molar-refractivity contribution in [2.45, 2.75) is 201 Å². The van der Waals surface area contributed by atoms with E-state index in [4.69, 9.17) is 0 Å². The summed E-state index contributed by atoms with van der Waals surface area (Å²) in [5.41, 5.74) is -3.81. The second kappa shape index (κ2) is 18.8. The van der Waals surface area contributed by atoms with Gasteiger partial charge in [0, 0.05) is 36.8 Å². The lowest BCUT2D eigenvalue weighted by molar-refractivity contribution is -0.136. The van der Waals surface area contributed by atoms with Gasteiger partial charge in [-0.05, 0) is 58.2 Å². The van der Waals surface area contributed by atoms with Crippen LogP contribution in [0.4, 0.5) is 0 Å². The van der Waals surface area contributed by atoms with Crippen LogP contribution < -0.4 is 21.3 Å². The molecule has 0 bridgehead atoms. The number of hydrogen-bond donors (Lipinski definition) is 6. The van der Waals surface area contributed by atoms with E-state index in [1.165, 1.54) is 0 Å². The van der Waals surface area contributed by atoms with E-state index < -0.39 is 51.4 Å². The first-order valence-corrected chi connectivity index (χ1v) is 20.4. The molecule has 10 heteroatoms. The Morgan fingerprint density at radius 2 is 0.759 bits per heavy atom. The Bertz CT molecular complexity index is 1250. The summed E-state index contributed by atoms with van der Waals surface area (Å²) in [5.74, 6) is -1.00. The number of aliphatic hydroxyl groups excluding tert-OH is 2. The lowest BCUT2D eigenvalue weighted by atomic mass is 9.62. The van der Waals surface area contributed by atoms with Gasteiger partial charge in [0.2, 0.25) is 23.6 Å². The van der Waals surface area contributed by atoms with Gasteiger partial charge in [0.15, 0.2) is 0 Å². The van der Waals surface area contributed by atoms with E-state index in [2.05, 4.69) is 90.5 Å². The average molecular weight is 767 g/mol. The molecule has 6 N–H and O–H groups in total. The van der Waals surface area contributed by atoms with E-state index >= 15 is 0 Å². The topological polar surface area (TPSA) is 157 Å². The SMILES string of the molecule is CCC(=O)NCC(NC(=O)C(C)(C)CC(C)(C)C(O)C(C)(C)CC(C)(C)C)C(CNC(=O)C(C)(C)CC(C)(C)C(O)C(C)(C)CC(C)(C)C)NC(=O)CC. The molecule has 318 valence electrons. The smallest absolute Gasteiger partial charge is 0.226 e. The summed E-state index contributed by atoms with van der Waals surface area (Å²) in [6.07, 6.45) is 1.45. The molecule has 0 aromatic heterocycles. The largest absolute Gasteiger partial charge is 0.392 e. The maximum Gasteiger partial charge on any atom is 0.226 e. The Morgan fingerprint density at radius 1 is 0.444 bits per heavy atom. The fourth-order valence-corrected chi connectivity index (χ4v) is 9.73. The van der Waals surface area contributed by atoms with Gasteiger partial charge in [-0.15, -0.1) is 0 Å². The summed E-state index contributed by atoms with van der Waals surface area (Å²) < 4.78 is 0. The van der Waals surface area contributed by atoms with Crippen LogP contribution in [0.25, 0.3) is 0 Å². The molecule has 54 heavy (non-hydrogen) atoms. The number of carbonyl (C=O) groups is 4. The van der Waals surface area contributed by atoms with Gasteiger partial charge in [0.25, 0.3) is 0 Å². The standard InChI is InChI=1S/C44H86N4O6/c1-21-31(49)45-23-30(48-36(54)44(19,20)28-42(15,16)34(52)40(11,12)26-38(6,7)8)29(47-32(50)22-2)24-46-35(53)43(17,18)27-41(13,14)33(51)39(9,10)25-37(3,4)5/h29-30,33-34,51-52H,21-28H2,1-20H3,(H,45,49)(H,46,53)(H,47,50)(H,48,54). The number of hydrogen-bond acceptors (Lipinski definition) is 6. The average Bonchev–Trinajstić information content (AvgIpc) is 2.96. The van der Waals surface area contributed by atoms with Gasteiger partial charge in [-0.3, -0.25) is 19.2 Å². The molecule has 0 aromatic rings. The second-order valence-corrected chi connectivity index (χ2v) is 22.8. The molecule has 0 radical (unpaired) electrons. The first kappa shape index (κ1) is 51.8. The van der Waals surface area contributed by atoms with Crippen molar-refractivity contribution in [1.29, 1.82) is 0 Å². The second-order valence-electron chi connectivity index (χ2n) is 22.8. The Hall–Kier alpha value is -2.20. The number of rotatable bonds is 21. The van der Waals surface area contributed by atoms with Gasteiger partial charge in [0.1, 0.15) is 0 Å². The first-order chi connectivity index (χ1) is 23.9. The van der Waals surface area contributed by atoms with Gasteiger partial charge in [-0.1, -0.05) is 138 Å². The molecule has 4 unspecified atom stereocenters. The molecule has 0 heterocycles. The fourth-order valence-electron chi connectivity index (χ4n) is 9.73. The van der Waals surface area contributed by atoms with Gasteiger partial charge in [-0.2, -0.15) is 0 Å². The molecular weight excluding hydrogens is 681 g/mol. The highest BCUT2D eigenvalue weighted by atomic mass is 16.3. The predicted octanol–water partition coefficient (Wildman–Crippen LogP) is 7.54. The van der Waals surface area contributed by atoms with Crippen molar-refractivity contribution in [1.82, 2.24) is 21.3 Å². The summed E-state index contributed by atoms with van der Waals surface area (Å²) in [6, 6.07) is -1.50. The maximum atomic E-state index is 14.2. The monoisotopic (exact) mass is 767 g/mol.